The van der Waals surface area contributed by atoms with Gasteiger partial charge in [0.1, 0.15) is 5.52 Å². The largest absolute Gasteiger partial charge is 0.378 e. The molecule has 0 aliphatic rings. The molecule has 98 valence electrons. The minimum atomic E-state index is 0.691. The van der Waals surface area contributed by atoms with Crippen molar-refractivity contribution in [2.45, 2.75) is 13.5 Å². The first-order valence-electron chi connectivity index (χ1n) is 5.90. The van der Waals surface area contributed by atoms with Gasteiger partial charge in [0.05, 0.1) is 26.6 Å². The van der Waals surface area contributed by atoms with Crippen molar-refractivity contribution in [1.29, 1.82) is 0 Å². The van der Waals surface area contributed by atoms with Crippen molar-refractivity contribution in [3.63, 3.8) is 0 Å². The van der Waals surface area contributed by atoms with Crippen LogP contribution in [-0.4, -0.2) is 14.8 Å². The molecule has 3 aromatic rings. The summed E-state index contributed by atoms with van der Waals surface area (Å²) >= 11 is 7.87. The molecule has 0 unspecified atom stereocenters. The van der Waals surface area contributed by atoms with E-state index in [2.05, 4.69) is 15.4 Å². The number of aryl methyl sites for hydroxylation is 2. The lowest BCUT2D eigenvalue weighted by Gasteiger charge is -2.08. The highest BCUT2D eigenvalue weighted by Crippen LogP contribution is 2.32. The number of fused-ring (bicyclic) bond motifs is 1. The van der Waals surface area contributed by atoms with Gasteiger partial charge in [-0.25, -0.2) is 4.98 Å². The van der Waals surface area contributed by atoms with Crippen LogP contribution in [0.25, 0.3) is 10.2 Å². The Morgan fingerprint density at radius 1 is 1.42 bits per heavy atom. The highest BCUT2D eigenvalue weighted by molar-refractivity contribution is 7.16. The fraction of sp³-hybridized carbons (Fsp3) is 0.231. The fourth-order valence-corrected chi connectivity index (χ4v) is 2.98. The Balaban J connectivity index is 1.91. The minimum absolute atomic E-state index is 0.691. The summed E-state index contributed by atoms with van der Waals surface area (Å²) in [6, 6.07) is 3.90. The Morgan fingerprint density at radius 2 is 2.26 bits per heavy atom. The number of nitrogens with one attached hydrogen (secondary N) is 1. The second kappa shape index (κ2) is 4.83. The lowest BCUT2D eigenvalue weighted by atomic mass is 10.2. The van der Waals surface area contributed by atoms with E-state index in [1.54, 1.807) is 11.3 Å². The lowest BCUT2D eigenvalue weighted by molar-refractivity contribution is 0.756. The van der Waals surface area contributed by atoms with Gasteiger partial charge in [-0.2, -0.15) is 5.10 Å². The number of halogens is 1. The SMILES string of the molecule is Cc1nn(C)cc1CNc1c(Cl)ccc2scnc12. The van der Waals surface area contributed by atoms with E-state index in [9.17, 15) is 0 Å². The molecule has 19 heavy (non-hydrogen) atoms. The third-order valence-electron chi connectivity index (χ3n) is 3.02. The second-order valence-electron chi connectivity index (χ2n) is 4.39. The molecule has 0 amide bonds. The molecule has 1 aromatic carbocycles. The minimum Gasteiger partial charge on any atom is -0.378 e. The average molecular weight is 293 g/mol. The molecule has 0 saturated carbocycles. The number of thiazole rings is 1. The molecule has 0 aliphatic heterocycles. The molecular weight excluding hydrogens is 280 g/mol. The zero-order valence-electron chi connectivity index (χ0n) is 10.6. The summed E-state index contributed by atoms with van der Waals surface area (Å²) in [5.41, 5.74) is 5.84. The van der Waals surface area contributed by atoms with Crippen LogP contribution >= 0.6 is 22.9 Å². The fourth-order valence-electron chi connectivity index (χ4n) is 2.08. The monoisotopic (exact) mass is 292 g/mol. The van der Waals surface area contributed by atoms with Gasteiger partial charge < -0.3 is 5.32 Å². The van der Waals surface area contributed by atoms with Crippen LogP contribution < -0.4 is 5.32 Å². The van der Waals surface area contributed by atoms with Gasteiger partial charge in [0.25, 0.3) is 0 Å². The summed E-state index contributed by atoms with van der Waals surface area (Å²) in [6.07, 6.45) is 2.01. The van der Waals surface area contributed by atoms with E-state index in [0.29, 0.717) is 11.6 Å². The van der Waals surface area contributed by atoms with E-state index >= 15 is 0 Å². The molecule has 4 nitrogen and oxygen atoms in total. The number of hydrogen-bond donors (Lipinski definition) is 1. The van der Waals surface area contributed by atoms with Crippen molar-refractivity contribution < 1.29 is 0 Å². The molecule has 6 heteroatoms. The number of benzene rings is 1. The number of nitrogens with zero attached hydrogens (tertiary/aromatic N) is 3. The van der Waals surface area contributed by atoms with E-state index in [1.807, 2.05) is 42.5 Å². The molecule has 0 radical (unpaired) electrons. The molecular formula is C13H13ClN4S. The maximum atomic E-state index is 6.25. The quantitative estimate of drug-likeness (QED) is 0.802. The average Bonchev–Trinajstić information content (AvgIpc) is 2.95. The van der Waals surface area contributed by atoms with Crippen LogP contribution in [0.2, 0.25) is 5.02 Å². The van der Waals surface area contributed by atoms with Gasteiger partial charge in [-0.05, 0) is 19.1 Å². The summed E-state index contributed by atoms with van der Waals surface area (Å²) in [5, 5.41) is 8.39. The normalized spacial score (nSPS) is 11.1. The Hall–Kier alpha value is -1.59. The van der Waals surface area contributed by atoms with Gasteiger partial charge in [0.15, 0.2) is 0 Å². The smallest absolute Gasteiger partial charge is 0.106 e. The number of aromatic nitrogens is 3. The number of hydrogen-bond acceptors (Lipinski definition) is 4. The molecule has 2 heterocycles. The van der Waals surface area contributed by atoms with Crippen molar-refractivity contribution >= 4 is 38.8 Å². The van der Waals surface area contributed by atoms with Crippen LogP contribution in [0.3, 0.4) is 0 Å². The van der Waals surface area contributed by atoms with E-state index in [4.69, 9.17) is 11.6 Å². The summed E-state index contributed by atoms with van der Waals surface area (Å²) in [7, 11) is 1.92. The maximum absolute atomic E-state index is 6.25. The molecule has 1 N–H and O–H groups in total. The molecule has 0 bridgehead atoms. The number of rotatable bonds is 3. The van der Waals surface area contributed by atoms with Gasteiger partial charge in [0, 0.05) is 25.4 Å². The predicted octanol–water partition coefficient (Wildman–Crippen LogP) is 3.60. The molecule has 0 aliphatic carbocycles. The Kier molecular flexibility index (Phi) is 3.16. The van der Waals surface area contributed by atoms with E-state index in [1.165, 1.54) is 0 Å². The van der Waals surface area contributed by atoms with Gasteiger partial charge >= 0.3 is 0 Å². The third kappa shape index (κ3) is 2.31. The molecule has 0 fully saturated rings. The van der Waals surface area contributed by atoms with Crippen LogP contribution in [0.4, 0.5) is 5.69 Å². The predicted molar refractivity (Wildman–Crippen MR) is 79.9 cm³/mol. The summed E-state index contributed by atoms with van der Waals surface area (Å²) in [6.45, 7) is 2.69. The highest BCUT2D eigenvalue weighted by atomic mass is 35.5. The van der Waals surface area contributed by atoms with Crippen LogP contribution in [0.15, 0.2) is 23.8 Å². The first-order chi connectivity index (χ1) is 9.15. The maximum Gasteiger partial charge on any atom is 0.106 e. The third-order valence-corrected chi connectivity index (χ3v) is 4.13. The zero-order valence-corrected chi connectivity index (χ0v) is 12.2. The van der Waals surface area contributed by atoms with E-state index in [-0.39, 0.29) is 0 Å². The van der Waals surface area contributed by atoms with Crippen molar-refractivity contribution in [3.8, 4) is 0 Å². The van der Waals surface area contributed by atoms with Gasteiger partial charge in [-0.15, -0.1) is 11.3 Å². The van der Waals surface area contributed by atoms with Crippen molar-refractivity contribution in [2.24, 2.45) is 7.05 Å². The lowest BCUT2D eigenvalue weighted by Crippen LogP contribution is -2.01. The van der Waals surface area contributed by atoms with Crippen LogP contribution in [0.5, 0.6) is 0 Å². The van der Waals surface area contributed by atoms with Crippen molar-refractivity contribution in [1.82, 2.24) is 14.8 Å². The topological polar surface area (TPSA) is 42.7 Å². The zero-order chi connectivity index (χ0) is 13.4. The first-order valence-corrected chi connectivity index (χ1v) is 7.15. The molecule has 2 aromatic heterocycles. The van der Waals surface area contributed by atoms with E-state index < -0.39 is 0 Å². The van der Waals surface area contributed by atoms with Crippen molar-refractivity contribution in [3.05, 3.63) is 40.1 Å². The van der Waals surface area contributed by atoms with Gasteiger partial charge in [0.2, 0.25) is 0 Å². The first kappa shape index (κ1) is 12.4. The molecule has 0 atom stereocenters. The Bertz CT molecular complexity index is 731. The summed E-state index contributed by atoms with van der Waals surface area (Å²) < 4.78 is 2.95. The van der Waals surface area contributed by atoms with Gasteiger partial charge in [-0.3, -0.25) is 4.68 Å². The standard InChI is InChI=1S/C13H13ClN4S/c1-8-9(6-18(2)17-8)5-15-12-10(14)3-4-11-13(12)16-7-19-11/h3-4,6-7,15H,5H2,1-2H3. The summed E-state index contributed by atoms with van der Waals surface area (Å²) in [5.74, 6) is 0. The van der Waals surface area contributed by atoms with Crippen LogP contribution in [0.1, 0.15) is 11.3 Å². The van der Waals surface area contributed by atoms with Gasteiger partial charge in [-0.1, -0.05) is 11.6 Å². The van der Waals surface area contributed by atoms with E-state index in [0.717, 1.165) is 27.2 Å². The molecule has 0 spiro atoms. The molecule has 0 saturated heterocycles. The molecule has 3 rings (SSSR count). The Morgan fingerprint density at radius 3 is 3.00 bits per heavy atom. The Labute approximate surface area is 120 Å². The van der Waals surface area contributed by atoms with Crippen LogP contribution in [-0.2, 0) is 13.6 Å². The van der Waals surface area contributed by atoms with Crippen molar-refractivity contribution in [2.75, 3.05) is 5.32 Å². The number of anilines is 1. The second-order valence-corrected chi connectivity index (χ2v) is 5.68. The summed E-state index contributed by atoms with van der Waals surface area (Å²) in [4.78, 5) is 4.37. The van der Waals surface area contributed by atoms with Crippen LogP contribution in [0, 0.1) is 6.92 Å². The highest BCUT2D eigenvalue weighted by Gasteiger charge is 2.10.